The van der Waals surface area contributed by atoms with E-state index in [9.17, 15) is 13.6 Å². The standard InChI is InChI=1S/C16H13F2NO2/c17-13-7-6-12-15(14(13)18)21-9-8-19(16(12)20)10-11-4-2-1-3-5-11/h1-7H,8-10H2. The van der Waals surface area contributed by atoms with Gasteiger partial charge in [-0.05, 0) is 17.7 Å². The van der Waals surface area contributed by atoms with Gasteiger partial charge < -0.3 is 9.64 Å². The third kappa shape index (κ3) is 2.59. The molecule has 0 N–H and O–H groups in total. The molecular formula is C16H13F2NO2. The lowest BCUT2D eigenvalue weighted by Crippen LogP contribution is -2.31. The van der Waals surface area contributed by atoms with Crippen molar-refractivity contribution in [2.75, 3.05) is 13.2 Å². The molecule has 1 amide bonds. The van der Waals surface area contributed by atoms with Gasteiger partial charge in [-0.2, -0.15) is 4.39 Å². The molecule has 2 aromatic carbocycles. The van der Waals surface area contributed by atoms with Crippen LogP contribution in [0.15, 0.2) is 42.5 Å². The number of halogens is 2. The molecule has 3 nitrogen and oxygen atoms in total. The lowest BCUT2D eigenvalue weighted by atomic mass is 10.1. The van der Waals surface area contributed by atoms with Crippen LogP contribution in [0.3, 0.4) is 0 Å². The monoisotopic (exact) mass is 289 g/mol. The molecule has 108 valence electrons. The first-order chi connectivity index (χ1) is 10.2. The van der Waals surface area contributed by atoms with E-state index in [0.29, 0.717) is 13.1 Å². The predicted molar refractivity (Wildman–Crippen MR) is 73.0 cm³/mol. The van der Waals surface area contributed by atoms with Crippen molar-refractivity contribution >= 4 is 5.91 Å². The highest BCUT2D eigenvalue weighted by Crippen LogP contribution is 2.28. The molecule has 0 saturated heterocycles. The van der Waals surface area contributed by atoms with Gasteiger partial charge in [0.25, 0.3) is 5.91 Å². The zero-order chi connectivity index (χ0) is 14.8. The second kappa shape index (κ2) is 5.52. The molecule has 0 atom stereocenters. The van der Waals surface area contributed by atoms with Crippen molar-refractivity contribution in [1.29, 1.82) is 0 Å². The van der Waals surface area contributed by atoms with Crippen LogP contribution < -0.4 is 4.74 Å². The Morgan fingerprint density at radius 1 is 1.10 bits per heavy atom. The number of benzene rings is 2. The van der Waals surface area contributed by atoms with Crippen LogP contribution in [0.25, 0.3) is 0 Å². The number of hydrogen-bond donors (Lipinski definition) is 0. The first-order valence-corrected chi connectivity index (χ1v) is 6.61. The number of rotatable bonds is 2. The summed E-state index contributed by atoms with van der Waals surface area (Å²) in [4.78, 5) is 14.0. The second-order valence-electron chi connectivity index (χ2n) is 4.80. The van der Waals surface area contributed by atoms with E-state index < -0.39 is 11.6 Å². The summed E-state index contributed by atoms with van der Waals surface area (Å²) >= 11 is 0. The van der Waals surface area contributed by atoms with Crippen molar-refractivity contribution in [3.05, 3.63) is 65.2 Å². The summed E-state index contributed by atoms with van der Waals surface area (Å²) in [6.07, 6.45) is 0. The molecule has 0 radical (unpaired) electrons. The van der Waals surface area contributed by atoms with Crippen LogP contribution in [0.4, 0.5) is 8.78 Å². The Morgan fingerprint density at radius 3 is 2.62 bits per heavy atom. The van der Waals surface area contributed by atoms with Gasteiger partial charge in [-0.25, -0.2) is 4.39 Å². The largest absolute Gasteiger partial charge is 0.488 e. The fourth-order valence-electron chi connectivity index (χ4n) is 2.33. The zero-order valence-electron chi connectivity index (χ0n) is 11.2. The molecule has 5 heteroatoms. The summed E-state index contributed by atoms with van der Waals surface area (Å²) in [5.41, 5.74) is 1.03. The van der Waals surface area contributed by atoms with Crippen molar-refractivity contribution < 1.29 is 18.3 Å². The van der Waals surface area contributed by atoms with Gasteiger partial charge in [-0.1, -0.05) is 30.3 Å². The van der Waals surface area contributed by atoms with Gasteiger partial charge in [-0.3, -0.25) is 4.79 Å². The maximum absolute atomic E-state index is 13.7. The van der Waals surface area contributed by atoms with Gasteiger partial charge in [0, 0.05) is 6.54 Å². The fraction of sp³-hybridized carbons (Fsp3) is 0.188. The van der Waals surface area contributed by atoms with E-state index in [0.717, 1.165) is 11.6 Å². The summed E-state index contributed by atoms with van der Waals surface area (Å²) in [7, 11) is 0. The van der Waals surface area contributed by atoms with Crippen molar-refractivity contribution in [3.8, 4) is 5.75 Å². The maximum Gasteiger partial charge on any atom is 0.258 e. The number of carbonyl (C=O) groups excluding carboxylic acids is 1. The van der Waals surface area contributed by atoms with Crippen LogP contribution in [0.1, 0.15) is 15.9 Å². The molecular weight excluding hydrogens is 276 g/mol. The van der Waals surface area contributed by atoms with Gasteiger partial charge in [0.15, 0.2) is 11.6 Å². The van der Waals surface area contributed by atoms with Crippen LogP contribution in [-0.2, 0) is 6.54 Å². The number of fused-ring (bicyclic) bond motifs is 1. The highest BCUT2D eigenvalue weighted by molar-refractivity contribution is 5.97. The van der Waals surface area contributed by atoms with Crippen molar-refractivity contribution in [2.45, 2.75) is 6.54 Å². The van der Waals surface area contributed by atoms with Gasteiger partial charge >= 0.3 is 0 Å². The highest BCUT2D eigenvalue weighted by atomic mass is 19.2. The first-order valence-electron chi connectivity index (χ1n) is 6.61. The van der Waals surface area contributed by atoms with Crippen molar-refractivity contribution in [2.24, 2.45) is 0 Å². The van der Waals surface area contributed by atoms with E-state index >= 15 is 0 Å². The summed E-state index contributed by atoms with van der Waals surface area (Å²) in [6.45, 7) is 0.858. The van der Waals surface area contributed by atoms with E-state index in [1.807, 2.05) is 30.3 Å². The van der Waals surface area contributed by atoms with Crippen LogP contribution in [0, 0.1) is 11.6 Å². The average molecular weight is 289 g/mol. The van der Waals surface area contributed by atoms with Crippen LogP contribution in [0.5, 0.6) is 5.75 Å². The number of carbonyl (C=O) groups is 1. The normalized spacial score (nSPS) is 14.4. The molecule has 1 heterocycles. The topological polar surface area (TPSA) is 29.5 Å². The molecule has 21 heavy (non-hydrogen) atoms. The molecule has 0 fully saturated rings. The van der Waals surface area contributed by atoms with E-state index in [2.05, 4.69) is 0 Å². The van der Waals surface area contributed by atoms with E-state index in [-0.39, 0.29) is 23.8 Å². The Bertz CT molecular complexity index is 673. The van der Waals surface area contributed by atoms with Crippen LogP contribution in [0.2, 0.25) is 0 Å². The minimum absolute atomic E-state index is 0.0577. The Morgan fingerprint density at radius 2 is 1.86 bits per heavy atom. The number of hydrogen-bond acceptors (Lipinski definition) is 2. The zero-order valence-corrected chi connectivity index (χ0v) is 11.2. The summed E-state index contributed by atoms with van der Waals surface area (Å²) in [6, 6.07) is 11.7. The SMILES string of the molecule is O=C1c2ccc(F)c(F)c2OCCN1Cc1ccccc1. The molecule has 0 unspecified atom stereocenters. The second-order valence-corrected chi connectivity index (χ2v) is 4.80. The summed E-state index contributed by atoms with van der Waals surface area (Å²) < 4.78 is 32.2. The van der Waals surface area contributed by atoms with E-state index in [1.54, 1.807) is 4.90 Å². The third-order valence-electron chi connectivity index (χ3n) is 3.39. The molecule has 3 rings (SSSR count). The number of nitrogens with zero attached hydrogens (tertiary/aromatic N) is 1. The van der Waals surface area contributed by atoms with E-state index in [1.165, 1.54) is 6.07 Å². The lowest BCUT2D eigenvalue weighted by molar-refractivity contribution is 0.0743. The van der Waals surface area contributed by atoms with Crippen molar-refractivity contribution in [1.82, 2.24) is 4.90 Å². The quantitative estimate of drug-likeness (QED) is 0.850. The fourth-order valence-corrected chi connectivity index (χ4v) is 2.33. The Labute approximate surface area is 120 Å². The smallest absolute Gasteiger partial charge is 0.258 e. The van der Waals surface area contributed by atoms with Gasteiger partial charge in [0.1, 0.15) is 6.61 Å². The third-order valence-corrected chi connectivity index (χ3v) is 3.39. The van der Waals surface area contributed by atoms with Gasteiger partial charge in [0.05, 0.1) is 12.1 Å². The average Bonchev–Trinajstić information content (AvgIpc) is 2.65. The van der Waals surface area contributed by atoms with E-state index in [4.69, 9.17) is 4.74 Å². The molecule has 0 bridgehead atoms. The number of ether oxygens (including phenoxy) is 1. The predicted octanol–water partition coefficient (Wildman–Crippen LogP) is 3.00. The molecule has 0 aliphatic carbocycles. The number of amides is 1. The maximum atomic E-state index is 13.7. The minimum atomic E-state index is -1.11. The summed E-state index contributed by atoms with van der Waals surface area (Å²) in [5.74, 6) is -2.78. The Hall–Kier alpha value is -2.43. The van der Waals surface area contributed by atoms with Crippen molar-refractivity contribution in [3.63, 3.8) is 0 Å². The molecule has 1 aliphatic heterocycles. The van der Waals surface area contributed by atoms with Gasteiger partial charge in [-0.15, -0.1) is 0 Å². The van der Waals surface area contributed by atoms with Gasteiger partial charge in [0.2, 0.25) is 5.82 Å². The first kappa shape index (κ1) is 13.5. The Kier molecular flexibility index (Phi) is 3.56. The van der Waals surface area contributed by atoms with Crippen LogP contribution >= 0.6 is 0 Å². The molecule has 0 spiro atoms. The molecule has 2 aromatic rings. The molecule has 0 aromatic heterocycles. The molecule has 1 aliphatic rings. The minimum Gasteiger partial charge on any atom is -0.488 e. The lowest BCUT2D eigenvalue weighted by Gasteiger charge is -2.19. The highest BCUT2D eigenvalue weighted by Gasteiger charge is 2.27. The Balaban J connectivity index is 1.92. The molecule has 0 saturated carbocycles. The van der Waals surface area contributed by atoms with Crippen LogP contribution in [-0.4, -0.2) is 24.0 Å². The summed E-state index contributed by atoms with van der Waals surface area (Å²) in [5, 5.41) is 0.